The van der Waals surface area contributed by atoms with Gasteiger partial charge < -0.3 is 5.11 Å². The molecule has 1 N–H and O–H groups in total. The highest BCUT2D eigenvalue weighted by atomic mass is 35.5. The van der Waals surface area contributed by atoms with Gasteiger partial charge in [-0.25, -0.2) is 4.39 Å². The third kappa shape index (κ3) is 1.99. The van der Waals surface area contributed by atoms with Gasteiger partial charge in [0.25, 0.3) is 0 Å². The molecule has 0 bridgehead atoms. The first kappa shape index (κ1) is 11.3. The number of aliphatic hydroxyl groups excluding tert-OH is 1. The third-order valence-corrected chi connectivity index (χ3v) is 2.01. The molecule has 0 radical (unpaired) electrons. The number of alkyl halides is 3. The molecule has 0 atom stereocenters. The van der Waals surface area contributed by atoms with Gasteiger partial charge in [-0.15, -0.1) is 0 Å². The van der Waals surface area contributed by atoms with Crippen LogP contribution in [0.2, 0.25) is 5.02 Å². The van der Waals surface area contributed by atoms with E-state index in [1.54, 1.807) is 0 Å². The molecular formula is C8H5ClF4O. The van der Waals surface area contributed by atoms with Crippen molar-refractivity contribution in [1.29, 1.82) is 0 Å². The molecule has 1 aromatic rings. The number of benzene rings is 1. The highest BCUT2D eigenvalue weighted by Gasteiger charge is 2.34. The van der Waals surface area contributed by atoms with Crippen LogP contribution in [-0.2, 0) is 12.8 Å². The molecular weight excluding hydrogens is 224 g/mol. The molecule has 0 aliphatic rings. The van der Waals surface area contributed by atoms with E-state index in [1.807, 2.05) is 0 Å². The normalized spacial score (nSPS) is 11.9. The second-order valence-corrected chi connectivity index (χ2v) is 2.93. The molecule has 0 heterocycles. The molecule has 0 saturated carbocycles. The average Bonchev–Trinajstić information content (AvgIpc) is 2.07. The molecule has 78 valence electrons. The van der Waals surface area contributed by atoms with Crippen LogP contribution < -0.4 is 0 Å². The van der Waals surface area contributed by atoms with Gasteiger partial charge >= 0.3 is 6.18 Å². The second kappa shape index (κ2) is 3.74. The van der Waals surface area contributed by atoms with E-state index in [0.29, 0.717) is 6.07 Å². The molecule has 14 heavy (non-hydrogen) atoms. The Morgan fingerprint density at radius 2 is 1.86 bits per heavy atom. The van der Waals surface area contributed by atoms with Crippen LogP contribution in [-0.4, -0.2) is 5.11 Å². The van der Waals surface area contributed by atoms with Crippen molar-refractivity contribution in [3.8, 4) is 0 Å². The van der Waals surface area contributed by atoms with Crippen molar-refractivity contribution < 1.29 is 22.7 Å². The number of hydrogen-bond donors (Lipinski definition) is 1. The summed E-state index contributed by atoms with van der Waals surface area (Å²) in [7, 11) is 0. The van der Waals surface area contributed by atoms with Gasteiger partial charge in [0.15, 0.2) is 0 Å². The van der Waals surface area contributed by atoms with Crippen molar-refractivity contribution >= 4 is 11.6 Å². The number of halogens is 5. The molecule has 1 nitrogen and oxygen atoms in total. The topological polar surface area (TPSA) is 20.2 Å². The average molecular weight is 229 g/mol. The van der Waals surface area contributed by atoms with Gasteiger partial charge in [0.05, 0.1) is 17.2 Å². The van der Waals surface area contributed by atoms with Crippen molar-refractivity contribution in [2.75, 3.05) is 0 Å². The summed E-state index contributed by atoms with van der Waals surface area (Å²) in [5.74, 6) is -1.23. The molecule has 6 heteroatoms. The first-order valence-corrected chi connectivity index (χ1v) is 3.90. The highest BCUT2D eigenvalue weighted by Crippen LogP contribution is 2.36. The SMILES string of the molecule is OCc1ccc(C(F)(F)F)c(Cl)c1F. The molecule has 0 aliphatic heterocycles. The molecule has 1 rings (SSSR count). The maximum atomic E-state index is 13.0. The van der Waals surface area contributed by atoms with Crippen LogP contribution in [0.15, 0.2) is 12.1 Å². The second-order valence-electron chi connectivity index (χ2n) is 2.56. The van der Waals surface area contributed by atoms with Crippen LogP contribution in [0.25, 0.3) is 0 Å². The Kier molecular flexibility index (Phi) is 3.01. The molecule has 0 aliphatic carbocycles. The van der Waals surface area contributed by atoms with Crippen LogP contribution in [0.4, 0.5) is 17.6 Å². The molecule has 1 aromatic carbocycles. The maximum Gasteiger partial charge on any atom is 0.417 e. The maximum absolute atomic E-state index is 13.0. The molecule has 0 aromatic heterocycles. The lowest BCUT2D eigenvalue weighted by molar-refractivity contribution is -0.137. The van der Waals surface area contributed by atoms with Gasteiger partial charge in [0.2, 0.25) is 0 Å². The predicted molar refractivity (Wildman–Crippen MR) is 42.3 cm³/mol. The minimum absolute atomic E-state index is 0.261. The zero-order valence-electron chi connectivity index (χ0n) is 6.70. The summed E-state index contributed by atoms with van der Waals surface area (Å²) >= 11 is 5.16. The van der Waals surface area contributed by atoms with E-state index in [1.165, 1.54) is 0 Å². The van der Waals surface area contributed by atoms with Gasteiger partial charge in [-0.05, 0) is 6.07 Å². The highest BCUT2D eigenvalue weighted by molar-refractivity contribution is 6.31. The summed E-state index contributed by atoms with van der Waals surface area (Å²) in [6, 6.07) is 1.49. The van der Waals surface area contributed by atoms with E-state index in [9.17, 15) is 17.6 Å². The largest absolute Gasteiger partial charge is 0.417 e. The molecule has 0 amide bonds. The fraction of sp³-hybridized carbons (Fsp3) is 0.250. The van der Waals surface area contributed by atoms with Gasteiger partial charge in [-0.3, -0.25) is 0 Å². The Balaban J connectivity index is 3.31. The van der Waals surface area contributed by atoms with E-state index >= 15 is 0 Å². The van der Waals surface area contributed by atoms with Crippen molar-refractivity contribution in [3.05, 3.63) is 34.1 Å². The Hall–Kier alpha value is -0.810. The summed E-state index contributed by atoms with van der Waals surface area (Å²) in [6.45, 7) is -0.691. The van der Waals surface area contributed by atoms with Crippen molar-refractivity contribution in [1.82, 2.24) is 0 Å². The lowest BCUT2D eigenvalue weighted by Gasteiger charge is -2.10. The minimum Gasteiger partial charge on any atom is -0.392 e. The summed E-state index contributed by atoms with van der Waals surface area (Å²) in [4.78, 5) is 0. The molecule has 0 saturated heterocycles. The molecule has 0 spiro atoms. The van der Waals surface area contributed by atoms with E-state index in [0.717, 1.165) is 6.07 Å². The van der Waals surface area contributed by atoms with Gasteiger partial charge in [-0.2, -0.15) is 13.2 Å². The van der Waals surface area contributed by atoms with Gasteiger partial charge in [0, 0.05) is 5.56 Å². The van der Waals surface area contributed by atoms with Crippen molar-refractivity contribution in [3.63, 3.8) is 0 Å². The summed E-state index contributed by atoms with van der Waals surface area (Å²) in [5.41, 5.74) is -1.50. The minimum atomic E-state index is -4.69. The van der Waals surface area contributed by atoms with Crippen LogP contribution in [0, 0.1) is 5.82 Å². The Morgan fingerprint density at radius 1 is 1.29 bits per heavy atom. The van der Waals surface area contributed by atoms with E-state index in [2.05, 4.69) is 0 Å². The first-order chi connectivity index (χ1) is 6.38. The van der Waals surface area contributed by atoms with Crippen LogP contribution >= 0.6 is 11.6 Å². The molecule has 0 fully saturated rings. The molecule has 0 unspecified atom stereocenters. The van der Waals surface area contributed by atoms with Crippen molar-refractivity contribution in [2.24, 2.45) is 0 Å². The first-order valence-electron chi connectivity index (χ1n) is 3.53. The quantitative estimate of drug-likeness (QED) is 0.733. The lowest BCUT2D eigenvalue weighted by Crippen LogP contribution is -2.08. The zero-order valence-corrected chi connectivity index (χ0v) is 7.45. The van der Waals surface area contributed by atoms with Crippen LogP contribution in [0.1, 0.15) is 11.1 Å². The van der Waals surface area contributed by atoms with Gasteiger partial charge in [0.1, 0.15) is 5.82 Å². The Labute approximate surface area is 81.9 Å². The monoisotopic (exact) mass is 228 g/mol. The summed E-state index contributed by atoms with van der Waals surface area (Å²) in [6.07, 6.45) is -4.69. The number of rotatable bonds is 1. The van der Waals surface area contributed by atoms with Gasteiger partial charge in [-0.1, -0.05) is 17.7 Å². The fourth-order valence-electron chi connectivity index (χ4n) is 0.930. The fourth-order valence-corrected chi connectivity index (χ4v) is 1.22. The Morgan fingerprint density at radius 3 is 2.29 bits per heavy atom. The lowest BCUT2D eigenvalue weighted by atomic mass is 10.1. The van der Waals surface area contributed by atoms with E-state index in [4.69, 9.17) is 16.7 Å². The number of hydrogen-bond acceptors (Lipinski definition) is 1. The van der Waals surface area contributed by atoms with Crippen LogP contribution in [0.3, 0.4) is 0 Å². The predicted octanol–water partition coefficient (Wildman–Crippen LogP) is 2.99. The smallest absolute Gasteiger partial charge is 0.392 e. The Bertz CT molecular complexity index is 348. The van der Waals surface area contributed by atoms with Crippen LogP contribution in [0.5, 0.6) is 0 Å². The number of aliphatic hydroxyl groups is 1. The van der Waals surface area contributed by atoms with Crippen molar-refractivity contribution in [2.45, 2.75) is 12.8 Å². The summed E-state index contributed by atoms with van der Waals surface area (Å²) < 4.78 is 49.5. The third-order valence-electron chi connectivity index (χ3n) is 1.64. The zero-order chi connectivity index (χ0) is 10.9. The van der Waals surface area contributed by atoms with E-state index < -0.39 is 29.2 Å². The van der Waals surface area contributed by atoms with E-state index in [-0.39, 0.29) is 5.56 Å². The summed E-state index contributed by atoms with van der Waals surface area (Å²) in [5, 5.41) is 7.55. The standard InChI is InChI=1S/C8H5ClF4O/c9-6-5(8(11,12)13)2-1-4(3-14)7(6)10/h1-2,14H,3H2.